The van der Waals surface area contributed by atoms with Crippen molar-refractivity contribution in [3.63, 3.8) is 0 Å². The average molecular weight is 430 g/mol. The number of anilines is 2. The smallest absolute Gasteiger partial charge is 0.255 e. The standard InChI is InChI=1S/C22H19N7OS/c1-31-20-18(13-23)19(14-4-5-14)29-22(26-20)27-21(28-29)25-15-6-8-17(9-7-15)30-16-3-2-11-24-12-10-16/h2,6-12,14H,3-5H2,1H3,(H,25,28). The van der Waals surface area contributed by atoms with E-state index < -0.39 is 0 Å². The van der Waals surface area contributed by atoms with Crippen molar-refractivity contribution in [3.8, 4) is 11.8 Å². The molecule has 3 heterocycles. The number of hydrogen-bond donors (Lipinski definition) is 1. The summed E-state index contributed by atoms with van der Waals surface area (Å²) in [5, 5.41) is 18.2. The van der Waals surface area contributed by atoms with Crippen LogP contribution >= 0.6 is 11.8 Å². The van der Waals surface area contributed by atoms with E-state index in [-0.39, 0.29) is 0 Å². The Morgan fingerprint density at radius 3 is 2.81 bits per heavy atom. The van der Waals surface area contributed by atoms with E-state index in [1.165, 1.54) is 11.8 Å². The number of aliphatic imine (C=N–C) groups is 1. The fourth-order valence-electron chi connectivity index (χ4n) is 3.38. The van der Waals surface area contributed by atoms with Crippen LogP contribution in [0.25, 0.3) is 5.78 Å². The predicted molar refractivity (Wildman–Crippen MR) is 120 cm³/mol. The summed E-state index contributed by atoms with van der Waals surface area (Å²) in [5.41, 5.74) is 2.35. The Kier molecular flexibility index (Phi) is 5.14. The van der Waals surface area contributed by atoms with Crippen LogP contribution in [0, 0.1) is 11.3 Å². The second-order valence-corrected chi connectivity index (χ2v) is 7.98. The molecule has 1 saturated carbocycles. The summed E-state index contributed by atoms with van der Waals surface area (Å²) in [7, 11) is 0. The Labute approximate surface area is 183 Å². The van der Waals surface area contributed by atoms with Crippen LogP contribution in [-0.4, -0.2) is 32.1 Å². The predicted octanol–water partition coefficient (Wildman–Crippen LogP) is 4.59. The second-order valence-electron chi connectivity index (χ2n) is 7.19. The molecule has 1 aromatic carbocycles. The highest BCUT2D eigenvalue weighted by atomic mass is 32.2. The molecule has 2 aromatic heterocycles. The lowest BCUT2D eigenvalue weighted by molar-refractivity contribution is 0.417. The lowest BCUT2D eigenvalue weighted by atomic mass is 10.2. The number of allylic oxidation sites excluding steroid dienone is 2. The molecule has 0 amide bonds. The molecule has 154 valence electrons. The number of nitrogens with one attached hydrogen (secondary N) is 1. The molecule has 1 aliphatic heterocycles. The van der Waals surface area contributed by atoms with Crippen molar-refractivity contribution in [2.24, 2.45) is 4.99 Å². The number of ether oxygens (including phenoxy) is 1. The number of rotatable bonds is 6. The molecule has 0 spiro atoms. The monoisotopic (exact) mass is 429 g/mol. The second kappa shape index (κ2) is 8.24. The normalized spacial score (nSPS) is 15.4. The average Bonchev–Trinajstić information content (AvgIpc) is 3.58. The van der Waals surface area contributed by atoms with Crippen LogP contribution in [0.2, 0.25) is 0 Å². The molecule has 0 unspecified atom stereocenters. The molecular weight excluding hydrogens is 410 g/mol. The van der Waals surface area contributed by atoms with Crippen molar-refractivity contribution in [1.29, 1.82) is 5.26 Å². The molecule has 0 bridgehead atoms. The number of benzene rings is 1. The molecule has 8 nitrogen and oxygen atoms in total. The summed E-state index contributed by atoms with van der Waals surface area (Å²) in [6.45, 7) is 0. The van der Waals surface area contributed by atoms with Gasteiger partial charge in [-0.05, 0) is 49.4 Å². The third-order valence-corrected chi connectivity index (χ3v) is 5.66. The Balaban J connectivity index is 1.39. The molecule has 0 saturated heterocycles. The van der Waals surface area contributed by atoms with Gasteiger partial charge in [0.15, 0.2) is 0 Å². The van der Waals surface area contributed by atoms with E-state index in [4.69, 9.17) is 4.74 Å². The maximum Gasteiger partial charge on any atom is 0.255 e. The number of hydrogen-bond acceptors (Lipinski definition) is 8. The van der Waals surface area contributed by atoms with Gasteiger partial charge in [-0.1, -0.05) is 6.08 Å². The first-order valence-corrected chi connectivity index (χ1v) is 11.1. The van der Waals surface area contributed by atoms with Crippen molar-refractivity contribution in [2.75, 3.05) is 11.6 Å². The van der Waals surface area contributed by atoms with E-state index in [1.54, 1.807) is 16.9 Å². The number of nitrogens with zero attached hydrogens (tertiary/aromatic N) is 6. The zero-order chi connectivity index (χ0) is 21.2. The van der Waals surface area contributed by atoms with Crippen LogP contribution in [0.4, 0.5) is 11.6 Å². The maximum atomic E-state index is 9.66. The molecule has 0 atom stereocenters. The maximum absolute atomic E-state index is 9.66. The van der Waals surface area contributed by atoms with Gasteiger partial charge in [-0.25, -0.2) is 4.98 Å². The minimum atomic E-state index is 0.343. The van der Waals surface area contributed by atoms with E-state index in [2.05, 4.69) is 31.4 Å². The molecule has 1 fully saturated rings. The molecule has 2 aliphatic rings. The van der Waals surface area contributed by atoms with Crippen LogP contribution in [0.5, 0.6) is 5.75 Å². The number of nitriles is 1. The van der Waals surface area contributed by atoms with E-state index in [0.29, 0.717) is 34.7 Å². The molecular formula is C22H19N7OS. The fourth-order valence-corrected chi connectivity index (χ4v) is 3.90. The molecule has 9 heteroatoms. The van der Waals surface area contributed by atoms with Gasteiger partial charge in [0.2, 0.25) is 5.95 Å². The van der Waals surface area contributed by atoms with E-state index in [0.717, 1.165) is 35.7 Å². The molecule has 3 aromatic rings. The minimum absolute atomic E-state index is 0.343. The zero-order valence-corrected chi connectivity index (χ0v) is 17.6. The first-order chi connectivity index (χ1) is 15.2. The highest BCUT2D eigenvalue weighted by Crippen LogP contribution is 2.43. The van der Waals surface area contributed by atoms with Gasteiger partial charge in [0, 0.05) is 30.4 Å². The van der Waals surface area contributed by atoms with Crippen molar-refractivity contribution < 1.29 is 4.74 Å². The Bertz CT molecular complexity index is 1260. The summed E-state index contributed by atoms with van der Waals surface area (Å²) in [5.74, 6) is 2.86. The van der Waals surface area contributed by atoms with Crippen LogP contribution in [0.15, 0.2) is 58.4 Å². The number of aromatic nitrogens is 4. The summed E-state index contributed by atoms with van der Waals surface area (Å²) in [6, 6.07) is 9.90. The van der Waals surface area contributed by atoms with E-state index >= 15 is 0 Å². The highest BCUT2D eigenvalue weighted by molar-refractivity contribution is 7.98. The molecule has 5 rings (SSSR count). The zero-order valence-electron chi connectivity index (χ0n) is 16.8. The molecule has 31 heavy (non-hydrogen) atoms. The Morgan fingerprint density at radius 2 is 2.06 bits per heavy atom. The minimum Gasteiger partial charge on any atom is -0.461 e. The van der Waals surface area contributed by atoms with Crippen LogP contribution in [-0.2, 0) is 0 Å². The lowest BCUT2D eigenvalue weighted by Crippen LogP contribution is -2.05. The first-order valence-electron chi connectivity index (χ1n) is 9.92. The van der Waals surface area contributed by atoms with Crippen LogP contribution < -0.4 is 10.1 Å². The van der Waals surface area contributed by atoms with Crippen molar-refractivity contribution in [3.05, 3.63) is 59.6 Å². The van der Waals surface area contributed by atoms with Crippen molar-refractivity contribution in [1.82, 2.24) is 19.6 Å². The van der Waals surface area contributed by atoms with Gasteiger partial charge in [0.1, 0.15) is 28.2 Å². The third-order valence-electron chi connectivity index (χ3n) is 4.98. The van der Waals surface area contributed by atoms with Gasteiger partial charge in [-0.15, -0.1) is 16.9 Å². The molecule has 0 radical (unpaired) electrons. The van der Waals surface area contributed by atoms with Gasteiger partial charge in [-0.3, -0.25) is 4.99 Å². The fraction of sp³-hybridized carbons (Fsp3) is 0.227. The van der Waals surface area contributed by atoms with Gasteiger partial charge in [0.05, 0.1) is 5.69 Å². The van der Waals surface area contributed by atoms with Gasteiger partial charge in [-0.2, -0.15) is 14.8 Å². The van der Waals surface area contributed by atoms with Gasteiger partial charge >= 0.3 is 0 Å². The van der Waals surface area contributed by atoms with Crippen LogP contribution in [0.1, 0.15) is 36.4 Å². The molecule has 1 aliphatic carbocycles. The van der Waals surface area contributed by atoms with E-state index in [1.807, 2.05) is 42.7 Å². The summed E-state index contributed by atoms with van der Waals surface area (Å²) >= 11 is 1.46. The quantitative estimate of drug-likeness (QED) is 0.452. The first kappa shape index (κ1) is 19.3. The molecule has 1 N–H and O–H groups in total. The number of thioether (sulfide) groups is 1. The SMILES string of the molecule is CSc1nc2nc(Nc3ccc(OC4=CC=NC=CC4)cc3)nn2c(C2CC2)c1C#N. The van der Waals surface area contributed by atoms with Gasteiger partial charge in [0.25, 0.3) is 5.78 Å². The number of fused-ring (bicyclic) bond motifs is 1. The topological polar surface area (TPSA) is 100 Å². The Morgan fingerprint density at radius 1 is 1.23 bits per heavy atom. The summed E-state index contributed by atoms with van der Waals surface area (Å²) < 4.78 is 7.61. The summed E-state index contributed by atoms with van der Waals surface area (Å²) in [6.07, 6.45) is 12.0. The third kappa shape index (κ3) is 4.02. The van der Waals surface area contributed by atoms with Gasteiger partial charge < -0.3 is 10.1 Å². The van der Waals surface area contributed by atoms with Crippen molar-refractivity contribution >= 4 is 35.4 Å². The highest BCUT2D eigenvalue weighted by Gasteiger charge is 2.32. The van der Waals surface area contributed by atoms with Crippen LogP contribution in [0.3, 0.4) is 0 Å². The van der Waals surface area contributed by atoms with Crippen molar-refractivity contribution in [2.45, 2.75) is 30.2 Å². The Hall–Kier alpha value is -3.64. The van der Waals surface area contributed by atoms with E-state index in [9.17, 15) is 5.26 Å². The lowest BCUT2D eigenvalue weighted by Gasteiger charge is -2.08. The largest absolute Gasteiger partial charge is 0.461 e. The summed E-state index contributed by atoms with van der Waals surface area (Å²) in [4.78, 5) is 13.1.